The molecule has 0 bridgehead atoms. The van der Waals surface area contributed by atoms with E-state index in [-0.39, 0.29) is 5.79 Å². The minimum absolute atomic E-state index is 0.319. The van der Waals surface area contributed by atoms with Gasteiger partial charge in [-0.25, -0.2) is 0 Å². The maximum Gasteiger partial charge on any atom is 0.170 e. The van der Waals surface area contributed by atoms with Gasteiger partial charge in [0, 0.05) is 48.1 Å². The molecule has 1 spiro atoms. The standard InChI is InChI=1S/C14H17Cl2NO2/c15-12-2-1-3-13(16)11(12)10-17-6-4-14(5-7-17)18-8-9-19-14/h1-3H,4-10H2. The third-order valence-corrected chi connectivity index (χ3v) is 4.58. The van der Waals surface area contributed by atoms with Crippen LogP contribution >= 0.6 is 23.2 Å². The molecule has 1 aromatic carbocycles. The van der Waals surface area contributed by atoms with E-state index < -0.39 is 0 Å². The molecule has 0 unspecified atom stereocenters. The van der Waals surface area contributed by atoms with E-state index in [1.807, 2.05) is 18.2 Å². The van der Waals surface area contributed by atoms with E-state index in [1.165, 1.54) is 0 Å². The van der Waals surface area contributed by atoms with Gasteiger partial charge in [-0.1, -0.05) is 29.3 Å². The molecule has 0 aromatic heterocycles. The Kier molecular flexibility index (Phi) is 4.01. The zero-order valence-electron chi connectivity index (χ0n) is 10.7. The number of benzene rings is 1. The van der Waals surface area contributed by atoms with E-state index >= 15 is 0 Å². The number of ether oxygens (including phenoxy) is 2. The molecule has 2 saturated heterocycles. The molecule has 0 aliphatic carbocycles. The van der Waals surface area contributed by atoms with Crippen molar-refractivity contribution in [1.29, 1.82) is 0 Å². The van der Waals surface area contributed by atoms with Crippen molar-refractivity contribution in [2.45, 2.75) is 25.2 Å². The first-order valence-corrected chi connectivity index (χ1v) is 7.37. The maximum absolute atomic E-state index is 6.21. The molecule has 2 aliphatic rings. The molecule has 0 N–H and O–H groups in total. The normalized spacial score (nSPS) is 23.1. The van der Waals surface area contributed by atoms with Gasteiger partial charge < -0.3 is 9.47 Å². The van der Waals surface area contributed by atoms with Crippen LogP contribution in [0.3, 0.4) is 0 Å². The van der Waals surface area contributed by atoms with Gasteiger partial charge in [-0.05, 0) is 12.1 Å². The first-order chi connectivity index (χ1) is 9.19. The summed E-state index contributed by atoms with van der Waals surface area (Å²) in [5, 5.41) is 1.47. The number of nitrogens with zero attached hydrogens (tertiary/aromatic N) is 1. The van der Waals surface area contributed by atoms with Crippen molar-refractivity contribution >= 4 is 23.2 Å². The van der Waals surface area contributed by atoms with Crippen LogP contribution in [0.2, 0.25) is 10.0 Å². The third-order valence-electron chi connectivity index (χ3n) is 3.87. The molecular formula is C14H17Cl2NO2. The first kappa shape index (κ1) is 13.7. The van der Waals surface area contributed by atoms with Gasteiger partial charge in [0.05, 0.1) is 13.2 Å². The summed E-state index contributed by atoms with van der Waals surface area (Å²) in [5.74, 6) is -0.319. The molecular weight excluding hydrogens is 285 g/mol. The van der Waals surface area contributed by atoms with Crippen molar-refractivity contribution in [2.24, 2.45) is 0 Å². The fourth-order valence-electron chi connectivity index (χ4n) is 2.74. The highest BCUT2D eigenvalue weighted by molar-refractivity contribution is 6.35. The molecule has 2 fully saturated rings. The quantitative estimate of drug-likeness (QED) is 0.836. The largest absolute Gasteiger partial charge is 0.347 e. The second kappa shape index (κ2) is 5.58. The summed E-state index contributed by atoms with van der Waals surface area (Å²) in [5.41, 5.74) is 1.01. The van der Waals surface area contributed by atoms with Gasteiger partial charge in [0.1, 0.15) is 0 Å². The smallest absolute Gasteiger partial charge is 0.170 e. The zero-order chi connectivity index (χ0) is 13.3. The van der Waals surface area contributed by atoms with E-state index in [0.717, 1.165) is 61.3 Å². The predicted molar refractivity (Wildman–Crippen MR) is 75.6 cm³/mol. The summed E-state index contributed by atoms with van der Waals surface area (Å²) >= 11 is 12.4. The van der Waals surface area contributed by atoms with Gasteiger partial charge in [0.25, 0.3) is 0 Å². The highest BCUT2D eigenvalue weighted by Crippen LogP contribution is 2.33. The van der Waals surface area contributed by atoms with E-state index in [9.17, 15) is 0 Å². The van der Waals surface area contributed by atoms with Crippen LogP contribution in [0.4, 0.5) is 0 Å². The molecule has 1 aromatic rings. The fraction of sp³-hybridized carbons (Fsp3) is 0.571. The molecule has 0 amide bonds. The number of likely N-dealkylation sites (tertiary alicyclic amines) is 1. The number of piperidine rings is 1. The first-order valence-electron chi connectivity index (χ1n) is 6.62. The van der Waals surface area contributed by atoms with Crippen molar-refractivity contribution in [1.82, 2.24) is 4.90 Å². The molecule has 2 aliphatic heterocycles. The number of rotatable bonds is 2. The van der Waals surface area contributed by atoms with Gasteiger partial charge in [0.2, 0.25) is 0 Å². The molecule has 3 rings (SSSR count). The Morgan fingerprint density at radius 3 is 2.21 bits per heavy atom. The zero-order valence-corrected chi connectivity index (χ0v) is 12.2. The lowest BCUT2D eigenvalue weighted by Crippen LogP contribution is -2.44. The Hall–Kier alpha value is -0.320. The highest BCUT2D eigenvalue weighted by Gasteiger charge is 2.39. The maximum atomic E-state index is 6.21. The average molecular weight is 302 g/mol. The third kappa shape index (κ3) is 2.91. The molecule has 2 heterocycles. The average Bonchev–Trinajstić information content (AvgIpc) is 2.85. The molecule has 3 nitrogen and oxygen atoms in total. The Labute approximate surface area is 123 Å². The summed E-state index contributed by atoms with van der Waals surface area (Å²) < 4.78 is 11.5. The summed E-state index contributed by atoms with van der Waals surface area (Å²) in [7, 11) is 0. The predicted octanol–water partition coefficient (Wildman–Crippen LogP) is 3.33. The lowest BCUT2D eigenvalue weighted by atomic mass is 10.0. The van der Waals surface area contributed by atoms with E-state index in [0.29, 0.717) is 0 Å². The summed E-state index contributed by atoms with van der Waals surface area (Å²) in [6, 6.07) is 5.65. The topological polar surface area (TPSA) is 21.7 Å². The Morgan fingerprint density at radius 1 is 1.05 bits per heavy atom. The van der Waals surface area contributed by atoms with Gasteiger partial charge >= 0.3 is 0 Å². The Bertz CT molecular complexity index is 431. The van der Waals surface area contributed by atoms with Crippen molar-refractivity contribution in [3.8, 4) is 0 Å². The number of hydrogen-bond acceptors (Lipinski definition) is 3. The molecule has 19 heavy (non-hydrogen) atoms. The molecule has 0 saturated carbocycles. The lowest BCUT2D eigenvalue weighted by Gasteiger charge is -2.37. The molecule has 5 heteroatoms. The van der Waals surface area contributed by atoms with Gasteiger partial charge in [-0.15, -0.1) is 0 Å². The molecule has 104 valence electrons. The Balaban J connectivity index is 1.63. The minimum Gasteiger partial charge on any atom is -0.347 e. The van der Waals surface area contributed by atoms with Crippen LogP contribution in [0.1, 0.15) is 18.4 Å². The molecule has 0 radical (unpaired) electrons. The molecule has 0 atom stereocenters. The monoisotopic (exact) mass is 301 g/mol. The van der Waals surface area contributed by atoms with Gasteiger partial charge in [-0.2, -0.15) is 0 Å². The van der Waals surface area contributed by atoms with Crippen molar-refractivity contribution in [3.63, 3.8) is 0 Å². The summed E-state index contributed by atoms with van der Waals surface area (Å²) in [6.45, 7) is 4.12. The van der Waals surface area contributed by atoms with Crippen molar-refractivity contribution < 1.29 is 9.47 Å². The van der Waals surface area contributed by atoms with E-state index in [2.05, 4.69) is 4.90 Å². The summed E-state index contributed by atoms with van der Waals surface area (Å²) in [4.78, 5) is 2.35. The SMILES string of the molecule is Clc1cccc(Cl)c1CN1CCC2(CC1)OCCO2. The van der Waals surface area contributed by atoms with Crippen LogP contribution in [0.25, 0.3) is 0 Å². The summed E-state index contributed by atoms with van der Waals surface area (Å²) in [6.07, 6.45) is 1.82. The van der Waals surface area contributed by atoms with E-state index in [4.69, 9.17) is 32.7 Å². The van der Waals surface area contributed by atoms with Crippen LogP contribution in [-0.4, -0.2) is 37.0 Å². The minimum atomic E-state index is -0.319. The van der Waals surface area contributed by atoms with Gasteiger partial charge in [0.15, 0.2) is 5.79 Å². The second-order valence-electron chi connectivity index (χ2n) is 5.08. The van der Waals surface area contributed by atoms with Crippen LogP contribution in [0.15, 0.2) is 18.2 Å². The number of hydrogen-bond donors (Lipinski definition) is 0. The second-order valence-corrected chi connectivity index (χ2v) is 5.90. The van der Waals surface area contributed by atoms with Crippen molar-refractivity contribution in [2.75, 3.05) is 26.3 Å². The van der Waals surface area contributed by atoms with Gasteiger partial charge in [-0.3, -0.25) is 4.90 Å². The fourth-order valence-corrected chi connectivity index (χ4v) is 3.26. The van der Waals surface area contributed by atoms with E-state index in [1.54, 1.807) is 0 Å². The van der Waals surface area contributed by atoms with Crippen molar-refractivity contribution in [3.05, 3.63) is 33.8 Å². The van der Waals surface area contributed by atoms with Crippen LogP contribution in [0.5, 0.6) is 0 Å². The van der Waals surface area contributed by atoms with Crippen LogP contribution < -0.4 is 0 Å². The van der Waals surface area contributed by atoms with Crippen LogP contribution in [0, 0.1) is 0 Å². The Morgan fingerprint density at radius 2 is 1.63 bits per heavy atom. The highest BCUT2D eigenvalue weighted by atomic mass is 35.5. The van der Waals surface area contributed by atoms with Crippen LogP contribution in [-0.2, 0) is 16.0 Å². The lowest BCUT2D eigenvalue weighted by molar-refractivity contribution is -0.185. The number of halogens is 2.